The second-order valence-corrected chi connectivity index (χ2v) is 5.94. The highest BCUT2D eigenvalue weighted by Gasteiger charge is 2.24. The molecule has 2 nitrogen and oxygen atoms in total. The molecule has 3 rings (SSSR count). The third-order valence-corrected chi connectivity index (χ3v) is 4.24. The Balaban J connectivity index is 1.85. The summed E-state index contributed by atoms with van der Waals surface area (Å²) < 4.78 is 0. The molecule has 0 saturated heterocycles. The lowest BCUT2D eigenvalue weighted by Crippen LogP contribution is -2.23. The van der Waals surface area contributed by atoms with Crippen LogP contribution in [0.3, 0.4) is 0 Å². The van der Waals surface area contributed by atoms with Crippen LogP contribution < -0.4 is 5.32 Å². The number of benzene rings is 1. The summed E-state index contributed by atoms with van der Waals surface area (Å²) in [6, 6.07) is 11.1. The maximum absolute atomic E-state index is 4.70. The molecule has 106 valence electrons. The minimum atomic E-state index is 0.404. The second kappa shape index (κ2) is 6.36. The molecule has 0 bridgehead atoms. The van der Waals surface area contributed by atoms with Gasteiger partial charge in [0.05, 0.1) is 11.7 Å². The fourth-order valence-electron chi connectivity index (χ4n) is 2.88. The number of pyridine rings is 1. The number of hydrogen-bond donors (Lipinski definition) is 1. The molecule has 1 aliphatic carbocycles. The molecule has 0 amide bonds. The summed E-state index contributed by atoms with van der Waals surface area (Å²) in [4.78, 5) is 4.70. The first-order valence-electron chi connectivity index (χ1n) is 7.95. The van der Waals surface area contributed by atoms with E-state index in [4.69, 9.17) is 4.98 Å². The van der Waals surface area contributed by atoms with Crippen LogP contribution in [0.2, 0.25) is 0 Å². The lowest BCUT2D eigenvalue weighted by atomic mass is 10.00. The van der Waals surface area contributed by atoms with E-state index in [1.807, 2.05) is 6.20 Å². The van der Waals surface area contributed by atoms with Gasteiger partial charge in [-0.05, 0) is 43.2 Å². The molecule has 1 N–H and O–H groups in total. The number of hydrogen-bond acceptors (Lipinski definition) is 2. The van der Waals surface area contributed by atoms with Crippen molar-refractivity contribution in [2.75, 3.05) is 6.54 Å². The quantitative estimate of drug-likeness (QED) is 0.801. The van der Waals surface area contributed by atoms with Crippen LogP contribution in [0.5, 0.6) is 0 Å². The van der Waals surface area contributed by atoms with Crippen molar-refractivity contribution in [3.63, 3.8) is 0 Å². The van der Waals surface area contributed by atoms with E-state index in [1.54, 1.807) is 0 Å². The molecule has 20 heavy (non-hydrogen) atoms. The Kier molecular flexibility index (Phi) is 4.31. The van der Waals surface area contributed by atoms with Crippen LogP contribution in [-0.2, 0) is 0 Å². The predicted molar refractivity (Wildman–Crippen MR) is 84.7 cm³/mol. The number of nitrogens with zero attached hydrogens (tertiary/aromatic N) is 1. The Hall–Kier alpha value is -1.41. The molecule has 1 aliphatic rings. The summed E-state index contributed by atoms with van der Waals surface area (Å²) in [5.74, 6) is 0.982. The van der Waals surface area contributed by atoms with E-state index >= 15 is 0 Å². The van der Waals surface area contributed by atoms with Gasteiger partial charge < -0.3 is 5.32 Å². The second-order valence-electron chi connectivity index (χ2n) is 5.94. The molecule has 0 radical (unpaired) electrons. The van der Waals surface area contributed by atoms with Crippen LogP contribution in [0.25, 0.3) is 10.8 Å². The lowest BCUT2D eigenvalue weighted by Gasteiger charge is -2.19. The van der Waals surface area contributed by atoms with Gasteiger partial charge in [0.25, 0.3) is 0 Å². The summed E-state index contributed by atoms with van der Waals surface area (Å²) in [5, 5.41) is 6.30. The third-order valence-electron chi connectivity index (χ3n) is 4.24. The lowest BCUT2D eigenvalue weighted by molar-refractivity contribution is 0.464. The molecule has 1 aromatic heterocycles. The van der Waals surface area contributed by atoms with Crippen molar-refractivity contribution < 1.29 is 0 Å². The van der Waals surface area contributed by atoms with Gasteiger partial charge >= 0.3 is 0 Å². The molecule has 1 fully saturated rings. The molecule has 1 saturated carbocycles. The molecule has 1 heterocycles. The zero-order valence-corrected chi connectivity index (χ0v) is 12.3. The van der Waals surface area contributed by atoms with Crippen LogP contribution >= 0.6 is 0 Å². The number of rotatable bonds is 7. The summed E-state index contributed by atoms with van der Waals surface area (Å²) in [6.07, 6.45) is 8.55. The molecular weight excluding hydrogens is 244 g/mol. The van der Waals surface area contributed by atoms with Crippen LogP contribution in [0.4, 0.5) is 0 Å². The zero-order chi connectivity index (χ0) is 13.8. The highest BCUT2D eigenvalue weighted by Crippen LogP contribution is 2.36. The van der Waals surface area contributed by atoms with Crippen molar-refractivity contribution >= 4 is 10.8 Å². The molecule has 2 heteroatoms. The van der Waals surface area contributed by atoms with E-state index in [9.17, 15) is 0 Å². The fraction of sp³-hybridized carbons (Fsp3) is 0.500. The molecule has 1 aromatic carbocycles. The minimum Gasteiger partial charge on any atom is -0.309 e. The Morgan fingerprint density at radius 2 is 2.10 bits per heavy atom. The Bertz CT molecular complexity index is 555. The standard InChI is InChI=1S/C18H24N2/c1-2-12-19-17(10-9-14-7-8-14)18-16-6-4-3-5-15(16)11-13-20-18/h3-6,11,13-14,17,19H,2,7-10,12H2,1H3. The van der Waals surface area contributed by atoms with Crippen molar-refractivity contribution in [2.24, 2.45) is 5.92 Å². The largest absolute Gasteiger partial charge is 0.309 e. The highest BCUT2D eigenvalue weighted by molar-refractivity contribution is 5.84. The van der Waals surface area contributed by atoms with Crippen LogP contribution in [0, 0.1) is 5.92 Å². The van der Waals surface area contributed by atoms with Gasteiger partial charge in [0.1, 0.15) is 0 Å². The molecular formula is C18H24N2. The fourth-order valence-corrected chi connectivity index (χ4v) is 2.88. The molecule has 1 unspecified atom stereocenters. The minimum absolute atomic E-state index is 0.404. The topological polar surface area (TPSA) is 24.9 Å². The van der Waals surface area contributed by atoms with E-state index in [-0.39, 0.29) is 0 Å². The van der Waals surface area contributed by atoms with Gasteiger partial charge in [-0.25, -0.2) is 0 Å². The van der Waals surface area contributed by atoms with E-state index in [0.29, 0.717) is 6.04 Å². The molecule has 2 aromatic rings. The van der Waals surface area contributed by atoms with Gasteiger partial charge in [-0.1, -0.05) is 44.0 Å². The predicted octanol–water partition coefficient (Wildman–Crippen LogP) is 4.47. The van der Waals surface area contributed by atoms with Gasteiger partial charge in [0.2, 0.25) is 0 Å². The maximum atomic E-state index is 4.70. The normalized spacial score (nSPS) is 16.4. The monoisotopic (exact) mass is 268 g/mol. The third kappa shape index (κ3) is 3.18. The van der Waals surface area contributed by atoms with E-state index in [1.165, 1.54) is 48.6 Å². The first kappa shape index (κ1) is 13.6. The maximum Gasteiger partial charge on any atom is 0.0651 e. The van der Waals surface area contributed by atoms with Crippen molar-refractivity contribution in [1.29, 1.82) is 0 Å². The Morgan fingerprint density at radius 1 is 1.25 bits per heavy atom. The van der Waals surface area contributed by atoms with Gasteiger partial charge in [-0.3, -0.25) is 4.98 Å². The summed E-state index contributed by atoms with van der Waals surface area (Å²) in [7, 11) is 0. The summed E-state index contributed by atoms with van der Waals surface area (Å²) in [6.45, 7) is 3.29. The molecule has 0 spiro atoms. The smallest absolute Gasteiger partial charge is 0.0651 e. The SMILES string of the molecule is CCCNC(CCC1CC1)c1nccc2ccccc12. The van der Waals surface area contributed by atoms with Crippen molar-refractivity contribution in [1.82, 2.24) is 10.3 Å². The first-order valence-corrected chi connectivity index (χ1v) is 7.95. The van der Waals surface area contributed by atoms with Crippen LogP contribution in [0.15, 0.2) is 36.5 Å². The molecule has 1 atom stereocenters. The number of fused-ring (bicyclic) bond motifs is 1. The summed E-state index contributed by atoms with van der Waals surface area (Å²) in [5.41, 5.74) is 1.23. The van der Waals surface area contributed by atoms with Gasteiger partial charge in [0, 0.05) is 11.6 Å². The van der Waals surface area contributed by atoms with Gasteiger partial charge in [-0.15, -0.1) is 0 Å². The van der Waals surface area contributed by atoms with Crippen LogP contribution in [-0.4, -0.2) is 11.5 Å². The Labute approximate surface area is 121 Å². The highest BCUT2D eigenvalue weighted by atomic mass is 14.9. The first-order chi connectivity index (χ1) is 9.88. The Morgan fingerprint density at radius 3 is 2.90 bits per heavy atom. The van der Waals surface area contributed by atoms with Crippen molar-refractivity contribution in [2.45, 2.75) is 45.1 Å². The average Bonchev–Trinajstić information content (AvgIpc) is 3.31. The van der Waals surface area contributed by atoms with Gasteiger partial charge in [0.15, 0.2) is 0 Å². The van der Waals surface area contributed by atoms with Gasteiger partial charge in [-0.2, -0.15) is 0 Å². The number of aromatic nitrogens is 1. The average molecular weight is 268 g/mol. The van der Waals surface area contributed by atoms with Crippen molar-refractivity contribution in [3.8, 4) is 0 Å². The zero-order valence-electron chi connectivity index (χ0n) is 12.3. The molecule has 0 aliphatic heterocycles. The van der Waals surface area contributed by atoms with Crippen molar-refractivity contribution in [3.05, 3.63) is 42.2 Å². The number of nitrogens with one attached hydrogen (secondary N) is 1. The summed E-state index contributed by atoms with van der Waals surface area (Å²) >= 11 is 0. The van der Waals surface area contributed by atoms with E-state index in [0.717, 1.165) is 12.5 Å². The van der Waals surface area contributed by atoms with Crippen LogP contribution in [0.1, 0.15) is 50.8 Å². The van der Waals surface area contributed by atoms with E-state index in [2.05, 4.69) is 42.6 Å². The van der Waals surface area contributed by atoms with E-state index < -0.39 is 0 Å².